The van der Waals surface area contributed by atoms with Crippen molar-refractivity contribution in [2.75, 3.05) is 6.54 Å². The lowest BCUT2D eigenvalue weighted by atomic mass is 9.89. The Hall–Kier alpha value is -0.830. The van der Waals surface area contributed by atoms with Crippen molar-refractivity contribution in [1.29, 1.82) is 0 Å². The predicted octanol–water partition coefficient (Wildman–Crippen LogP) is 0.157. The molecule has 1 unspecified atom stereocenters. The zero-order valence-corrected chi connectivity index (χ0v) is 6.55. The zero-order chi connectivity index (χ0) is 8.27. The van der Waals surface area contributed by atoms with E-state index in [1.54, 1.807) is 0 Å². The summed E-state index contributed by atoms with van der Waals surface area (Å²) >= 11 is 0. The molecule has 0 bridgehead atoms. The molecule has 0 aromatic heterocycles. The molecule has 0 radical (unpaired) electrons. The van der Waals surface area contributed by atoms with Crippen LogP contribution in [0.25, 0.3) is 0 Å². The van der Waals surface area contributed by atoms with Gasteiger partial charge >= 0.3 is 0 Å². The highest BCUT2D eigenvalue weighted by molar-refractivity contribution is 5.91. The van der Waals surface area contributed by atoms with E-state index >= 15 is 0 Å². The van der Waals surface area contributed by atoms with E-state index in [1.165, 1.54) is 0 Å². The van der Waals surface area contributed by atoms with Crippen molar-refractivity contribution in [1.82, 2.24) is 0 Å². The number of rotatable bonds is 2. The number of allylic oxidation sites excluding steroid dienone is 1. The Balaban J connectivity index is 2.50. The monoisotopic (exact) mass is 154 g/mol. The fourth-order valence-corrected chi connectivity index (χ4v) is 1.33. The predicted molar refractivity (Wildman–Crippen MR) is 43.7 cm³/mol. The van der Waals surface area contributed by atoms with Crippen molar-refractivity contribution in [3.63, 3.8) is 0 Å². The Morgan fingerprint density at radius 1 is 1.73 bits per heavy atom. The maximum atomic E-state index is 10.7. The normalized spacial score (nSPS) is 24.5. The molecule has 0 saturated heterocycles. The Kier molecular flexibility index (Phi) is 2.65. The van der Waals surface area contributed by atoms with Crippen LogP contribution >= 0.6 is 0 Å². The minimum Gasteiger partial charge on any atom is -0.366 e. The average Bonchev–Trinajstić information content (AvgIpc) is 2.05. The van der Waals surface area contributed by atoms with E-state index in [-0.39, 0.29) is 5.91 Å². The van der Waals surface area contributed by atoms with Gasteiger partial charge in [0.25, 0.3) is 0 Å². The minimum absolute atomic E-state index is 0.277. The first-order valence-electron chi connectivity index (χ1n) is 3.93. The molecule has 1 aliphatic carbocycles. The first kappa shape index (κ1) is 8.27. The van der Waals surface area contributed by atoms with Gasteiger partial charge in [0.05, 0.1) is 0 Å². The molecule has 0 aliphatic heterocycles. The highest BCUT2D eigenvalue weighted by Crippen LogP contribution is 2.21. The van der Waals surface area contributed by atoms with Crippen LogP contribution in [0.3, 0.4) is 0 Å². The molecule has 3 heteroatoms. The maximum Gasteiger partial charge on any atom is 0.244 e. The largest absolute Gasteiger partial charge is 0.366 e. The summed E-state index contributed by atoms with van der Waals surface area (Å²) in [5.74, 6) is 0.276. The fraction of sp³-hybridized carbons (Fsp3) is 0.625. The standard InChI is InChI=1S/C8H14N2O/c9-5-6-1-3-7(4-2-6)8(10)11/h3,6H,1-2,4-5,9H2,(H2,10,11). The third kappa shape index (κ3) is 2.05. The lowest BCUT2D eigenvalue weighted by molar-refractivity contribution is -0.114. The van der Waals surface area contributed by atoms with Gasteiger partial charge in [-0.05, 0) is 31.7 Å². The molecule has 11 heavy (non-hydrogen) atoms. The Labute approximate surface area is 66.4 Å². The van der Waals surface area contributed by atoms with Crippen molar-refractivity contribution in [3.8, 4) is 0 Å². The van der Waals surface area contributed by atoms with Crippen LogP contribution in [0.1, 0.15) is 19.3 Å². The molecular weight excluding hydrogens is 140 g/mol. The lowest BCUT2D eigenvalue weighted by Gasteiger charge is -2.18. The first-order chi connectivity index (χ1) is 5.24. The molecule has 0 aromatic carbocycles. The fourth-order valence-electron chi connectivity index (χ4n) is 1.33. The molecule has 1 atom stereocenters. The summed E-state index contributed by atoms with van der Waals surface area (Å²) in [7, 11) is 0. The molecular formula is C8H14N2O. The van der Waals surface area contributed by atoms with Crippen LogP contribution in [0.5, 0.6) is 0 Å². The van der Waals surface area contributed by atoms with Gasteiger partial charge in [-0.25, -0.2) is 0 Å². The van der Waals surface area contributed by atoms with Gasteiger partial charge in [0.1, 0.15) is 0 Å². The highest BCUT2D eigenvalue weighted by atomic mass is 16.1. The number of amides is 1. The molecule has 3 nitrogen and oxygen atoms in total. The molecule has 0 saturated carbocycles. The van der Waals surface area contributed by atoms with E-state index < -0.39 is 0 Å². The second kappa shape index (κ2) is 3.53. The van der Waals surface area contributed by atoms with E-state index in [1.807, 2.05) is 6.08 Å². The summed E-state index contributed by atoms with van der Waals surface area (Å²) < 4.78 is 0. The van der Waals surface area contributed by atoms with Crippen molar-refractivity contribution in [2.45, 2.75) is 19.3 Å². The Bertz CT molecular complexity index is 187. The smallest absolute Gasteiger partial charge is 0.244 e. The van der Waals surface area contributed by atoms with Gasteiger partial charge < -0.3 is 11.5 Å². The molecule has 1 aliphatic rings. The van der Waals surface area contributed by atoms with Crippen LogP contribution < -0.4 is 11.5 Å². The molecule has 0 aromatic rings. The van der Waals surface area contributed by atoms with E-state index in [9.17, 15) is 4.79 Å². The minimum atomic E-state index is -0.277. The SMILES string of the molecule is NCC1CC=C(C(N)=O)CC1. The highest BCUT2D eigenvalue weighted by Gasteiger charge is 2.15. The molecule has 1 amide bonds. The van der Waals surface area contributed by atoms with Gasteiger partial charge in [0, 0.05) is 5.57 Å². The van der Waals surface area contributed by atoms with Crippen molar-refractivity contribution >= 4 is 5.91 Å². The summed E-state index contributed by atoms with van der Waals surface area (Å²) in [5, 5.41) is 0. The van der Waals surface area contributed by atoms with Crippen LogP contribution in [0.4, 0.5) is 0 Å². The second-order valence-electron chi connectivity index (χ2n) is 2.97. The topological polar surface area (TPSA) is 69.1 Å². The Morgan fingerprint density at radius 2 is 2.45 bits per heavy atom. The summed E-state index contributed by atoms with van der Waals surface area (Å²) in [4.78, 5) is 10.7. The molecule has 0 spiro atoms. The third-order valence-corrected chi connectivity index (χ3v) is 2.17. The van der Waals surface area contributed by atoms with E-state index in [0.717, 1.165) is 24.8 Å². The van der Waals surface area contributed by atoms with Gasteiger partial charge in [-0.15, -0.1) is 0 Å². The summed E-state index contributed by atoms with van der Waals surface area (Å²) in [6.07, 6.45) is 4.64. The van der Waals surface area contributed by atoms with Crippen molar-refractivity contribution in [2.24, 2.45) is 17.4 Å². The van der Waals surface area contributed by atoms with Crippen LogP contribution in [-0.2, 0) is 4.79 Å². The van der Waals surface area contributed by atoms with Gasteiger partial charge in [0.15, 0.2) is 0 Å². The van der Waals surface area contributed by atoms with Crippen LogP contribution in [0.2, 0.25) is 0 Å². The first-order valence-corrected chi connectivity index (χ1v) is 3.93. The van der Waals surface area contributed by atoms with Crippen LogP contribution in [-0.4, -0.2) is 12.5 Å². The van der Waals surface area contributed by atoms with Crippen LogP contribution in [0.15, 0.2) is 11.6 Å². The number of nitrogens with two attached hydrogens (primary N) is 2. The van der Waals surface area contributed by atoms with Gasteiger partial charge in [-0.3, -0.25) is 4.79 Å². The second-order valence-corrected chi connectivity index (χ2v) is 2.97. The number of hydrogen-bond acceptors (Lipinski definition) is 2. The van der Waals surface area contributed by atoms with Gasteiger partial charge in [-0.1, -0.05) is 6.08 Å². The molecule has 4 N–H and O–H groups in total. The quantitative estimate of drug-likeness (QED) is 0.594. The molecule has 62 valence electrons. The Morgan fingerprint density at radius 3 is 2.82 bits per heavy atom. The van der Waals surface area contributed by atoms with Gasteiger partial charge in [-0.2, -0.15) is 0 Å². The zero-order valence-electron chi connectivity index (χ0n) is 6.55. The summed E-state index contributed by atoms with van der Waals surface area (Å²) in [6, 6.07) is 0. The summed E-state index contributed by atoms with van der Waals surface area (Å²) in [5.41, 5.74) is 11.4. The lowest BCUT2D eigenvalue weighted by Crippen LogP contribution is -2.21. The third-order valence-electron chi connectivity index (χ3n) is 2.17. The molecule has 1 rings (SSSR count). The summed E-state index contributed by atoms with van der Waals surface area (Å²) in [6.45, 7) is 0.711. The maximum absolute atomic E-state index is 10.7. The van der Waals surface area contributed by atoms with Crippen molar-refractivity contribution in [3.05, 3.63) is 11.6 Å². The van der Waals surface area contributed by atoms with Gasteiger partial charge in [0.2, 0.25) is 5.91 Å². The number of hydrogen-bond donors (Lipinski definition) is 2. The average molecular weight is 154 g/mol. The van der Waals surface area contributed by atoms with Crippen molar-refractivity contribution < 1.29 is 4.79 Å². The van der Waals surface area contributed by atoms with E-state index in [0.29, 0.717) is 12.5 Å². The molecule has 0 heterocycles. The molecule has 0 fully saturated rings. The number of carbonyl (C=O) groups is 1. The number of carbonyl (C=O) groups excluding carboxylic acids is 1. The van der Waals surface area contributed by atoms with Crippen LogP contribution in [0, 0.1) is 5.92 Å². The van der Waals surface area contributed by atoms with E-state index in [4.69, 9.17) is 11.5 Å². The number of primary amides is 1. The van der Waals surface area contributed by atoms with E-state index in [2.05, 4.69) is 0 Å².